The van der Waals surface area contributed by atoms with Crippen LogP contribution in [0.5, 0.6) is 0 Å². The van der Waals surface area contributed by atoms with E-state index in [0.717, 1.165) is 42.2 Å². The molecule has 10 heteroatoms. The Balaban J connectivity index is 1.59. The van der Waals surface area contributed by atoms with Gasteiger partial charge in [-0.3, -0.25) is 4.98 Å². The van der Waals surface area contributed by atoms with Crippen molar-refractivity contribution in [3.63, 3.8) is 0 Å². The lowest BCUT2D eigenvalue weighted by Gasteiger charge is -2.26. The molecule has 3 aromatic heterocycles. The lowest BCUT2D eigenvalue weighted by atomic mass is 9.92. The summed E-state index contributed by atoms with van der Waals surface area (Å²) in [5.74, 6) is 1.24. The van der Waals surface area contributed by atoms with E-state index in [1.54, 1.807) is 12.4 Å². The van der Waals surface area contributed by atoms with E-state index in [0.29, 0.717) is 39.5 Å². The fraction of sp³-hybridized carbons (Fsp3) is 0.333. The Kier molecular flexibility index (Phi) is 4.34. The van der Waals surface area contributed by atoms with Crippen LogP contribution in [0.2, 0.25) is 10.0 Å². The first-order valence-corrected chi connectivity index (χ1v) is 9.95. The largest absolute Gasteiger partial charge is 0.338 e. The standard InChI is InChI=1S/C18H18Cl2N8/c19-11-5-13-14(6-12(11)20)28(8-24-13)17-15-16(23-7-22-15)26-18(27-17)25-10-3-1-9(21)2-4-10/h5-10H,1-4,21H2,(H2,22,23,25,26,27)/p+1. The Morgan fingerprint density at radius 1 is 1.07 bits per heavy atom. The Morgan fingerprint density at radius 2 is 1.86 bits per heavy atom. The van der Waals surface area contributed by atoms with Gasteiger partial charge in [0.25, 0.3) is 5.82 Å². The van der Waals surface area contributed by atoms with Crippen molar-refractivity contribution in [3.05, 3.63) is 34.8 Å². The number of fused-ring (bicyclic) bond motifs is 2. The molecule has 5 N–H and O–H groups in total. The van der Waals surface area contributed by atoms with Crippen molar-refractivity contribution in [1.82, 2.24) is 24.9 Å². The summed E-state index contributed by atoms with van der Waals surface area (Å²) in [5.41, 5.74) is 9.07. The number of imidazole rings is 2. The summed E-state index contributed by atoms with van der Waals surface area (Å²) in [6.45, 7) is 0. The third-order valence-corrected chi connectivity index (χ3v) is 5.97. The van der Waals surface area contributed by atoms with E-state index in [1.807, 2.05) is 17.0 Å². The molecule has 1 aliphatic carbocycles. The second kappa shape index (κ2) is 6.88. The van der Waals surface area contributed by atoms with Crippen LogP contribution >= 0.6 is 23.2 Å². The molecule has 1 aliphatic rings. The number of rotatable bonds is 3. The molecule has 3 heterocycles. The van der Waals surface area contributed by atoms with Crippen LogP contribution < -0.4 is 15.6 Å². The molecular weight excluding hydrogens is 399 g/mol. The van der Waals surface area contributed by atoms with Crippen LogP contribution in [0.4, 0.5) is 5.95 Å². The number of nitrogens with two attached hydrogens (primary N) is 1. The molecule has 0 spiro atoms. The van der Waals surface area contributed by atoms with E-state index in [-0.39, 0.29) is 0 Å². The van der Waals surface area contributed by atoms with Gasteiger partial charge in [-0.25, -0.2) is 4.98 Å². The van der Waals surface area contributed by atoms with Crippen molar-refractivity contribution in [3.8, 4) is 5.82 Å². The number of nitrogens with one attached hydrogen (secondary N) is 3. The first-order chi connectivity index (χ1) is 13.6. The van der Waals surface area contributed by atoms with Gasteiger partial charge < -0.3 is 16.0 Å². The molecule has 144 valence electrons. The van der Waals surface area contributed by atoms with Crippen molar-refractivity contribution in [2.45, 2.75) is 37.8 Å². The van der Waals surface area contributed by atoms with E-state index in [2.05, 4.69) is 25.3 Å². The number of aromatic amines is 2. The van der Waals surface area contributed by atoms with Gasteiger partial charge in [-0.1, -0.05) is 28.2 Å². The van der Waals surface area contributed by atoms with Gasteiger partial charge in [0.15, 0.2) is 17.5 Å². The number of halogens is 2. The maximum atomic E-state index is 6.24. The van der Waals surface area contributed by atoms with Crippen molar-refractivity contribution in [2.24, 2.45) is 5.73 Å². The van der Waals surface area contributed by atoms with E-state index in [1.165, 1.54) is 0 Å². The first-order valence-electron chi connectivity index (χ1n) is 9.20. The van der Waals surface area contributed by atoms with Gasteiger partial charge in [0.05, 0.1) is 16.4 Å². The highest BCUT2D eigenvalue weighted by molar-refractivity contribution is 6.42. The molecule has 0 unspecified atom stereocenters. The predicted octanol–water partition coefficient (Wildman–Crippen LogP) is 3.10. The minimum Gasteiger partial charge on any atom is -0.338 e. The summed E-state index contributed by atoms with van der Waals surface area (Å²) < 4.78 is 1.92. The highest BCUT2D eigenvalue weighted by Gasteiger charge is 2.24. The van der Waals surface area contributed by atoms with Crippen LogP contribution in [0.25, 0.3) is 28.0 Å². The molecule has 1 fully saturated rings. The summed E-state index contributed by atoms with van der Waals surface area (Å²) in [4.78, 5) is 20.0. The molecule has 1 saturated carbocycles. The summed E-state index contributed by atoms with van der Waals surface area (Å²) in [7, 11) is 0. The molecule has 0 bridgehead atoms. The lowest BCUT2D eigenvalue weighted by molar-refractivity contribution is -0.569. The fourth-order valence-electron chi connectivity index (χ4n) is 3.73. The van der Waals surface area contributed by atoms with Crippen LogP contribution in [0.1, 0.15) is 25.7 Å². The third-order valence-electron chi connectivity index (χ3n) is 5.25. The van der Waals surface area contributed by atoms with Crippen molar-refractivity contribution in [2.75, 3.05) is 5.32 Å². The molecule has 4 aromatic rings. The van der Waals surface area contributed by atoms with Crippen molar-refractivity contribution in [1.29, 1.82) is 0 Å². The van der Waals surface area contributed by atoms with Gasteiger partial charge >= 0.3 is 5.95 Å². The quantitative estimate of drug-likeness (QED) is 0.382. The molecule has 1 aromatic carbocycles. The molecule has 0 amide bonds. The zero-order chi connectivity index (χ0) is 19.3. The summed E-state index contributed by atoms with van der Waals surface area (Å²) in [5, 5.41) is 4.43. The average molecular weight is 418 g/mol. The smallest absolute Gasteiger partial charge is 0.302 e. The van der Waals surface area contributed by atoms with Gasteiger partial charge in [-0.15, -0.1) is 0 Å². The average Bonchev–Trinajstić information content (AvgIpc) is 3.30. The van der Waals surface area contributed by atoms with Crippen LogP contribution in [-0.4, -0.2) is 37.0 Å². The molecule has 8 nitrogen and oxygen atoms in total. The van der Waals surface area contributed by atoms with E-state index >= 15 is 0 Å². The van der Waals surface area contributed by atoms with Gasteiger partial charge in [0, 0.05) is 24.2 Å². The van der Waals surface area contributed by atoms with Gasteiger partial charge in [-0.05, 0) is 25.7 Å². The van der Waals surface area contributed by atoms with Crippen LogP contribution in [-0.2, 0) is 0 Å². The summed E-state index contributed by atoms with van der Waals surface area (Å²) >= 11 is 12.4. The molecule has 28 heavy (non-hydrogen) atoms. The Hall–Kier alpha value is -2.42. The van der Waals surface area contributed by atoms with Crippen molar-refractivity contribution < 1.29 is 4.57 Å². The van der Waals surface area contributed by atoms with Crippen molar-refractivity contribution >= 4 is 51.3 Å². The number of hydrogen-bond acceptors (Lipinski definition) is 5. The topological polar surface area (TPSA) is 112 Å². The van der Waals surface area contributed by atoms with E-state index < -0.39 is 0 Å². The van der Waals surface area contributed by atoms with Crippen LogP contribution in [0.3, 0.4) is 0 Å². The molecule has 0 saturated heterocycles. The number of H-pyrrole nitrogens is 2. The van der Waals surface area contributed by atoms with Gasteiger partial charge in [0.1, 0.15) is 11.0 Å². The number of anilines is 1. The monoisotopic (exact) mass is 417 g/mol. The first kappa shape index (κ1) is 17.7. The zero-order valence-corrected chi connectivity index (χ0v) is 16.4. The maximum absolute atomic E-state index is 6.24. The number of benzene rings is 1. The van der Waals surface area contributed by atoms with Gasteiger partial charge in [0.2, 0.25) is 0 Å². The normalized spacial score (nSPS) is 20.1. The summed E-state index contributed by atoms with van der Waals surface area (Å²) in [6, 6.07) is 4.22. The second-order valence-corrected chi connectivity index (χ2v) is 7.97. The molecule has 5 rings (SSSR count). The number of aromatic nitrogens is 6. The SMILES string of the molecule is NC1CCC(Nc2nc(-[n+]3c[nH]c4cc(Cl)c(Cl)cc43)c3[nH]cnc3n2)CC1. The lowest BCUT2D eigenvalue weighted by Crippen LogP contribution is -2.34. The van der Waals surface area contributed by atoms with Crippen LogP contribution in [0, 0.1) is 0 Å². The second-order valence-electron chi connectivity index (χ2n) is 7.15. The third kappa shape index (κ3) is 3.07. The zero-order valence-electron chi connectivity index (χ0n) is 14.9. The molecular formula is C18H19Cl2N8+. The number of nitrogens with zero attached hydrogens (tertiary/aromatic N) is 4. The van der Waals surface area contributed by atoms with E-state index in [9.17, 15) is 0 Å². The molecule has 0 radical (unpaired) electrons. The Labute approximate surface area is 170 Å². The van der Waals surface area contributed by atoms with Crippen LogP contribution in [0.15, 0.2) is 24.8 Å². The minimum absolute atomic E-state index is 0.293. The van der Waals surface area contributed by atoms with E-state index in [4.69, 9.17) is 33.9 Å². The highest BCUT2D eigenvalue weighted by Crippen LogP contribution is 2.27. The van der Waals surface area contributed by atoms with Gasteiger partial charge in [-0.2, -0.15) is 9.55 Å². The highest BCUT2D eigenvalue weighted by atomic mass is 35.5. The Bertz CT molecular complexity index is 1160. The minimum atomic E-state index is 0.293. The summed E-state index contributed by atoms with van der Waals surface area (Å²) in [6.07, 6.45) is 7.46. The molecule has 0 atom stereocenters. The Morgan fingerprint density at radius 3 is 2.68 bits per heavy atom. The number of hydrogen-bond donors (Lipinski definition) is 4. The molecule has 0 aliphatic heterocycles. The fourth-order valence-corrected chi connectivity index (χ4v) is 4.05. The predicted molar refractivity (Wildman–Crippen MR) is 109 cm³/mol. The maximum Gasteiger partial charge on any atom is 0.302 e.